The molecule has 0 aromatic rings. The number of nitrogens with zero attached hydrogens (tertiary/aromatic N) is 1. The molecule has 0 heterocycles. The van der Waals surface area contributed by atoms with Crippen molar-refractivity contribution < 1.29 is 9.59 Å². The predicted molar refractivity (Wildman–Crippen MR) is 63.9 cm³/mol. The van der Waals surface area contributed by atoms with Crippen LogP contribution in [0.25, 0.3) is 0 Å². The van der Waals surface area contributed by atoms with Gasteiger partial charge in [0.25, 0.3) is 0 Å². The zero-order valence-corrected chi connectivity index (χ0v) is 10.7. The van der Waals surface area contributed by atoms with Crippen molar-refractivity contribution in [2.24, 2.45) is 5.92 Å². The van der Waals surface area contributed by atoms with Crippen molar-refractivity contribution in [3.63, 3.8) is 0 Å². The Labute approximate surface area is 96.8 Å². The van der Waals surface area contributed by atoms with Crippen LogP contribution >= 0.6 is 12.6 Å². The first-order valence-electron chi connectivity index (χ1n) is 5.09. The summed E-state index contributed by atoms with van der Waals surface area (Å²) in [7, 11) is 1.70. The van der Waals surface area contributed by atoms with Gasteiger partial charge in [0.1, 0.15) is 0 Å². The van der Waals surface area contributed by atoms with Crippen LogP contribution in [0.2, 0.25) is 0 Å². The summed E-state index contributed by atoms with van der Waals surface area (Å²) in [4.78, 5) is 24.4. The Morgan fingerprint density at radius 2 is 1.93 bits per heavy atom. The highest BCUT2D eigenvalue weighted by Gasteiger charge is 2.18. The van der Waals surface area contributed by atoms with Gasteiger partial charge in [0.2, 0.25) is 11.8 Å². The van der Waals surface area contributed by atoms with Gasteiger partial charge in [0, 0.05) is 13.6 Å². The first-order valence-corrected chi connectivity index (χ1v) is 5.61. The highest BCUT2D eigenvalue weighted by molar-refractivity contribution is 7.81. The summed E-state index contributed by atoms with van der Waals surface area (Å²) in [5, 5.41) is 2.22. The second kappa shape index (κ2) is 6.71. The Hall–Kier alpha value is -0.710. The number of hydrogen-bond acceptors (Lipinski definition) is 3. The van der Waals surface area contributed by atoms with Gasteiger partial charge < -0.3 is 10.2 Å². The number of nitrogens with one attached hydrogen (secondary N) is 1. The van der Waals surface area contributed by atoms with E-state index in [1.165, 1.54) is 0 Å². The SMILES string of the molecule is CCN(C)C(=O)CNC(=O)C(S)C(C)C. The minimum Gasteiger partial charge on any atom is -0.346 e. The summed E-state index contributed by atoms with van der Waals surface area (Å²) < 4.78 is 0. The third-order valence-corrected chi connectivity index (χ3v) is 3.04. The fraction of sp³-hybridized carbons (Fsp3) is 0.800. The van der Waals surface area contributed by atoms with Gasteiger partial charge in [-0.2, -0.15) is 12.6 Å². The maximum absolute atomic E-state index is 11.4. The number of hydrogen-bond donors (Lipinski definition) is 2. The lowest BCUT2D eigenvalue weighted by atomic mass is 10.1. The normalized spacial score (nSPS) is 12.4. The van der Waals surface area contributed by atoms with E-state index in [1.807, 2.05) is 20.8 Å². The molecule has 1 N–H and O–H groups in total. The fourth-order valence-electron chi connectivity index (χ4n) is 0.881. The monoisotopic (exact) mass is 232 g/mol. The van der Waals surface area contributed by atoms with Crippen molar-refractivity contribution in [2.75, 3.05) is 20.1 Å². The average Bonchev–Trinajstić information content (AvgIpc) is 2.22. The van der Waals surface area contributed by atoms with E-state index in [2.05, 4.69) is 17.9 Å². The molecule has 0 fully saturated rings. The molecular weight excluding hydrogens is 212 g/mol. The van der Waals surface area contributed by atoms with Crippen molar-refractivity contribution in [2.45, 2.75) is 26.0 Å². The zero-order chi connectivity index (χ0) is 12.0. The first-order chi connectivity index (χ1) is 6.90. The molecule has 1 atom stereocenters. The van der Waals surface area contributed by atoms with Crippen molar-refractivity contribution in [1.82, 2.24) is 10.2 Å². The minimum absolute atomic E-state index is 0.0486. The molecule has 0 spiro atoms. The molecule has 0 aromatic heterocycles. The van der Waals surface area contributed by atoms with Crippen molar-refractivity contribution in [3.8, 4) is 0 Å². The van der Waals surface area contributed by atoms with Crippen LogP contribution in [0.15, 0.2) is 0 Å². The third-order valence-electron chi connectivity index (χ3n) is 2.21. The lowest BCUT2D eigenvalue weighted by Gasteiger charge is -2.17. The van der Waals surface area contributed by atoms with Crippen LogP contribution < -0.4 is 5.32 Å². The lowest BCUT2D eigenvalue weighted by molar-refractivity contribution is -0.131. The van der Waals surface area contributed by atoms with Crippen LogP contribution in [0.4, 0.5) is 0 Å². The van der Waals surface area contributed by atoms with E-state index in [9.17, 15) is 9.59 Å². The summed E-state index contributed by atoms with van der Waals surface area (Å²) in [6, 6.07) is 0. The molecule has 4 nitrogen and oxygen atoms in total. The van der Waals surface area contributed by atoms with E-state index in [4.69, 9.17) is 0 Å². The van der Waals surface area contributed by atoms with Gasteiger partial charge in [-0.15, -0.1) is 0 Å². The topological polar surface area (TPSA) is 49.4 Å². The smallest absolute Gasteiger partial charge is 0.241 e. The Morgan fingerprint density at radius 3 is 2.33 bits per heavy atom. The molecule has 5 heteroatoms. The maximum Gasteiger partial charge on any atom is 0.241 e. The van der Waals surface area contributed by atoms with E-state index in [0.29, 0.717) is 6.54 Å². The maximum atomic E-state index is 11.4. The molecule has 0 aliphatic carbocycles. The largest absolute Gasteiger partial charge is 0.346 e. The van der Waals surface area contributed by atoms with Gasteiger partial charge in [0.05, 0.1) is 11.8 Å². The summed E-state index contributed by atoms with van der Waals surface area (Å²) in [5.74, 6) is -0.117. The molecule has 0 radical (unpaired) electrons. The van der Waals surface area contributed by atoms with Gasteiger partial charge in [-0.3, -0.25) is 9.59 Å². The van der Waals surface area contributed by atoms with Gasteiger partial charge in [-0.1, -0.05) is 13.8 Å². The van der Waals surface area contributed by atoms with Crippen LogP contribution in [-0.2, 0) is 9.59 Å². The van der Waals surface area contributed by atoms with Crippen molar-refractivity contribution >= 4 is 24.4 Å². The molecule has 1 unspecified atom stereocenters. The number of thiol groups is 1. The number of carbonyl (C=O) groups is 2. The lowest BCUT2D eigenvalue weighted by Crippen LogP contribution is -2.41. The standard InChI is InChI=1S/C10H20N2O2S/c1-5-12(4)8(13)6-11-10(14)9(15)7(2)3/h7,9,15H,5-6H2,1-4H3,(H,11,14). The Bertz CT molecular complexity index is 231. The first kappa shape index (κ1) is 14.3. The van der Waals surface area contributed by atoms with Gasteiger partial charge in [-0.05, 0) is 12.8 Å². The number of likely N-dealkylation sites (N-methyl/N-ethyl adjacent to an activating group) is 1. The van der Waals surface area contributed by atoms with E-state index in [-0.39, 0.29) is 29.5 Å². The van der Waals surface area contributed by atoms with Crippen molar-refractivity contribution in [3.05, 3.63) is 0 Å². The van der Waals surface area contributed by atoms with Crippen LogP contribution in [-0.4, -0.2) is 42.1 Å². The fourth-order valence-corrected chi connectivity index (χ4v) is 0.973. The molecular formula is C10H20N2O2S. The molecule has 2 amide bonds. The molecule has 0 aliphatic heterocycles. The predicted octanol–water partition coefficient (Wildman–Crippen LogP) is 0.535. The van der Waals surface area contributed by atoms with Gasteiger partial charge in [0.15, 0.2) is 0 Å². The Balaban J connectivity index is 3.96. The molecule has 0 aliphatic rings. The Kier molecular flexibility index (Phi) is 6.40. The van der Waals surface area contributed by atoms with Gasteiger partial charge >= 0.3 is 0 Å². The van der Waals surface area contributed by atoms with Gasteiger partial charge in [-0.25, -0.2) is 0 Å². The second-order valence-corrected chi connectivity index (χ2v) is 4.37. The number of carbonyl (C=O) groups excluding carboxylic acids is 2. The molecule has 88 valence electrons. The van der Waals surface area contributed by atoms with E-state index in [0.717, 1.165) is 0 Å². The van der Waals surface area contributed by atoms with Crippen LogP contribution in [0.3, 0.4) is 0 Å². The molecule has 0 bridgehead atoms. The Morgan fingerprint density at radius 1 is 1.40 bits per heavy atom. The van der Waals surface area contributed by atoms with Crippen LogP contribution in [0, 0.1) is 5.92 Å². The van der Waals surface area contributed by atoms with E-state index < -0.39 is 0 Å². The van der Waals surface area contributed by atoms with Crippen LogP contribution in [0.5, 0.6) is 0 Å². The second-order valence-electron chi connectivity index (χ2n) is 3.81. The highest BCUT2D eigenvalue weighted by atomic mass is 32.1. The third kappa shape index (κ3) is 5.06. The highest BCUT2D eigenvalue weighted by Crippen LogP contribution is 2.08. The number of amides is 2. The number of rotatable bonds is 5. The summed E-state index contributed by atoms with van der Waals surface area (Å²) in [5.41, 5.74) is 0. The quantitative estimate of drug-likeness (QED) is 0.680. The molecule has 0 saturated carbocycles. The molecule has 0 rings (SSSR count). The summed E-state index contributed by atoms with van der Waals surface area (Å²) >= 11 is 4.16. The average molecular weight is 232 g/mol. The summed E-state index contributed by atoms with van der Waals surface area (Å²) in [6.45, 7) is 6.40. The molecule has 15 heavy (non-hydrogen) atoms. The van der Waals surface area contributed by atoms with Crippen LogP contribution in [0.1, 0.15) is 20.8 Å². The molecule has 0 aromatic carbocycles. The van der Waals surface area contributed by atoms with Crippen molar-refractivity contribution in [1.29, 1.82) is 0 Å². The molecule has 0 saturated heterocycles. The van der Waals surface area contributed by atoms with E-state index >= 15 is 0 Å². The zero-order valence-electron chi connectivity index (χ0n) is 9.78. The minimum atomic E-state index is -0.357. The van der Waals surface area contributed by atoms with E-state index in [1.54, 1.807) is 11.9 Å². The summed E-state index contributed by atoms with van der Waals surface area (Å²) in [6.07, 6.45) is 0.